The topological polar surface area (TPSA) is 56.5 Å². The summed E-state index contributed by atoms with van der Waals surface area (Å²) in [5, 5.41) is 5.87. The molecule has 0 fully saturated rings. The van der Waals surface area contributed by atoms with Gasteiger partial charge in [-0.1, -0.05) is 65.1 Å². The zero-order chi connectivity index (χ0) is 28.4. The fraction of sp³-hybridized carbons (Fsp3) is 0.0690. The van der Waals surface area contributed by atoms with Gasteiger partial charge in [-0.25, -0.2) is 4.98 Å². The lowest BCUT2D eigenvalue weighted by molar-refractivity contribution is -0.137. The van der Waals surface area contributed by atoms with E-state index in [0.29, 0.717) is 37.5 Å². The molecule has 0 N–H and O–H groups in total. The molecule has 40 heavy (non-hydrogen) atoms. The molecule has 0 amide bonds. The number of hydrogen-bond acceptors (Lipinski definition) is 4. The van der Waals surface area contributed by atoms with E-state index < -0.39 is 17.3 Å². The summed E-state index contributed by atoms with van der Waals surface area (Å²) in [5.41, 5.74) is 0.0344. The van der Waals surface area contributed by atoms with Crippen LogP contribution in [0.5, 0.6) is 5.75 Å². The largest absolute Gasteiger partial charge is 0.488 e. The van der Waals surface area contributed by atoms with Crippen molar-refractivity contribution in [1.82, 2.24) is 9.66 Å². The molecule has 0 spiro atoms. The quantitative estimate of drug-likeness (QED) is 0.183. The Morgan fingerprint density at radius 1 is 0.900 bits per heavy atom. The van der Waals surface area contributed by atoms with Gasteiger partial charge in [-0.3, -0.25) is 4.79 Å². The van der Waals surface area contributed by atoms with Crippen LogP contribution in [-0.4, -0.2) is 15.9 Å². The van der Waals surface area contributed by atoms with Crippen molar-refractivity contribution in [1.29, 1.82) is 0 Å². The summed E-state index contributed by atoms with van der Waals surface area (Å²) in [5.74, 6) is 0.310. The van der Waals surface area contributed by atoms with E-state index in [2.05, 4.69) is 10.1 Å². The average Bonchev–Trinajstić information content (AvgIpc) is 2.92. The Kier molecular flexibility index (Phi) is 7.85. The highest BCUT2D eigenvalue weighted by atomic mass is 35.5. The van der Waals surface area contributed by atoms with Gasteiger partial charge >= 0.3 is 6.18 Å². The molecule has 11 heteroatoms. The molecular weight excluding hydrogens is 586 g/mol. The molecule has 4 aromatic carbocycles. The Bertz CT molecular complexity index is 1820. The third-order valence-corrected chi connectivity index (χ3v) is 6.71. The van der Waals surface area contributed by atoms with Crippen molar-refractivity contribution in [3.05, 3.63) is 127 Å². The van der Waals surface area contributed by atoms with Crippen LogP contribution in [0.1, 0.15) is 16.7 Å². The normalized spacial score (nSPS) is 11.8. The predicted molar refractivity (Wildman–Crippen MR) is 152 cm³/mol. The molecule has 5 nitrogen and oxygen atoms in total. The van der Waals surface area contributed by atoms with Crippen molar-refractivity contribution in [2.24, 2.45) is 5.10 Å². The fourth-order valence-electron chi connectivity index (χ4n) is 3.92. The second-order valence-electron chi connectivity index (χ2n) is 8.60. The zero-order valence-electron chi connectivity index (χ0n) is 20.3. The van der Waals surface area contributed by atoms with Crippen LogP contribution < -0.4 is 10.3 Å². The zero-order valence-corrected chi connectivity index (χ0v) is 22.6. The standard InChI is InChI=1S/C29H17Cl3F3N3O2/c30-21-10-11-26(40-16-18-8-9-22(31)14-24(18)32)19(13-21)15-36-38-27(17-4-3-5-20(12-17)29(33,34)35)37-25-7-2-1-6-23(25)28(38)39/h1-15H,16H2. The minimum absolute atomic E-state index is 0.0646. The molecule has 0 saturated heterocycles. The van der Waals surface area contributed by atoms with Gasteiger partial charge in [0.2, 0.25) is 0 Å². The van der Waals surface area contributed by atoms with E-state index in [1.165, 1.54) is 18.3 Å². The summed E-state index contributed by atoms with van der Waals surface area (Å²) >= 11 is 18.4. The Labute approximate surface area is 241 Å². The highest BCUT2D eigenvalue weighted by molar-refractivity contribution is 6.35. The van der Waals surface area contributed by atoms with Gasteiger partial charge in [-0.15, -0.1) is 0 Å². The SMILES string of the molecule is O=c1c2ccccc2nc(-c2cccc(C(F)(F)F)c2)n1N=Cc1cc(Cl)ccc1OCc1ccc(Cl)cc1Cl. The third kappa shape index (κ3) is 5.99. The van der Waals surface area contributed by atoms with Gasteiger partial charge in [0.15, 0.2) is 5.82 Å². The van der Waals surface area contributed by atoms with Gasteiger partial charge in [0, 0.05) is 31.8 Å². The van der Waals surface area contributed by atoms with Crippen LogP contribution in [0.15, 0.2) is 94.8 Å². The summed E-state index contributed by atoms with van der Waals surface area (Å²) in [6, 6.07) is 20.9. The number of alkyl halides is 3. The van der Waals surface area contributed by atoms with Crippen LogP contribution >= 0.6 is 34.8 Å². The van der Waals surface area contributed by atoms with E-state index in [1.54, 1.807) is 60.7 Å². The first kappa shape index (κ1) is 27.7. The molecule has 0 radical (unpaired) electrons. The first-order chi connectivity index (χ1) is 19.1. The monoisotopic (exact) mass is 601 g/mol. The predicted octanol–water partition coefficient (Wildman–Crippen LogP) is 8.50. The van der Waals surface area contributed by atoms with Crippen molar-refractivity contribution >= 4 is 51.9 Å². The number of benzene rings is 4. The van der Waals surface area contributed by atoms with E-state index in [1.807, 2.05) is 0 Å². The van der Waals surface area contributed by atoms with Crippen molar-refractivity contribution in [2.75, 3.05) is 0 Å². The Balaban J connectivity index is 1.59. The maximum Gasteiger partial charge on any atom is 0.416 e. The number of ether oxygens (including phenoxy) is 1. The van der Waals surface area contributed by atoms with Crippen LogP contribution in [0.2, 0.25) is 15.1 Å². The fourth-order valence-corrected chi connectivity index (χ4v) is 4.56. The molecule has 1 aromatic heterocycles. The maximum atomic E-state index is 13.5. The molecule has 0 aliphatic carbocycles. The second kappa shape index (κ2) is 11.3. The highest BCUT2D eigenvalue weighted by Crippen LogP contribution is 2.32. The number of para-hydroxylation sites is 1. The summed E-state index contributed by atoms with van der Waals surface area (Å²) < 4.78 is 47.3. The van der Waals surface area contributed by atoms with E-state index in [4.69, 9.17) is 39.5 Å². The van der Waals surface area contributed by atoms with Crippen molar-refractivity contribution in [3.8, 4) is 17.1 Å². The number of rotatable bonds is 6. The summed E-state index contributed by atoms with van der Waals surface area (Å²) in [6.45, 7) is 0.103. The molecule has 5 rings (SSSR count). The molecule has 0 bridgehead atoms. The Morgan fingerprint density at radius 2 is 1.65 bits per heavy atom. The number of fused-ring (bicyclic) bond motifs is 1. The molecule has 0 aliphatic rings. The summed E-state index contributed by atoms with van der Waals surface area (Å²) in [7, 11) is 0. The minimum Gasteiger partial charge on any atom is -0.488 e. The lowest BCUT2D eigenvalue weighted by Crippen LogP contribution is -2.20. The Hall–Kier alpha value is -3.85. The van der Waals surface area contributed by atoms with Crippen molar-refractivity contribution in [2.45, 2.75) is 12.8 Å². The molecule has 202 valence electrons. The molecule has 0 atom stereocenters. The lowest BCUT2D eigenvalue weighted by Gasteiger charge is -2.13. The van der Waals surface area contributed by atoms with Crippen LogP contribution in [0.4, 0.5) is 13.2 Å². The average molecular weight is 603 g/mol. The van der Waals surface area contributed by atoms with E-state index in [-0.39, 0.29) is 23.4 Å². The van der Waals surface area contributed by atoms with Crippen LogP contribution in [0.3, 0.4) is 0 Å². The molecular formula is C29H17Cl3F3N3O2. The van der Waals surface area contributed by atoms with E-state index in [9.17, 15) is 18.0 Å². The summed E-state index contributed by atoms with van der Waals surface area (Å²) in [6.07, 6.45) is -3.25. The number of aromatic nitrogens is 2. The van der Waals surface area contributed by atoms with Gasteiger partial charge < -0.3 is 4.74 Å². The van der Waals surface area contributed by atoms with Gasteiger partial charge in [0.05, 0.1) is 22.7 Å². The minimum atomic E-state index is -4.58. The number of nitrogens with zero attached hydrogens (tertiary/aromatic N) is 3. The van der Waals surface area contributed by atoms with Crippen molar-refractivity contribution in [3.63, 3.8) is 0 Å². The van der Waals surface area contributed by atoms with E-state index >= 15 is 0 Å². The number of hydrogen-bond donors (Lipinski definition) is 0. The molecule has 0 unspecified atom stereocenters. The van der Waals surface area contributed by atoms with Crippen molar-refractivity contribution < 1.29 is 17.9 Å². The smallest absolute Gasteiger partial charge is 0.416 e. The number of halogens is 6. The highest BCUT2D eigenvalue weighted by Gasteiger charge is 2.31. The second-order valence-corrected chi connectivity index (χ2v) is 9.88. The lowest BCUT2D eigenvalue weighted by atomic mass is 10.1. The van der Waals surface area contributed by atoms with Crippen LogP contribution in [-0.2, 0) is 12.8 Å². The Morgan fingerprint density at radius 3 is 2.42 bits per heavy atom. The molecule has 5 aromatic rings. The van der Waals surface area contributed by atoms with Gasteiger partial charge in [0.25, 0.3) is 5.56 Å². The van der Waals surface area contributed by atoms with Gasteiger partial charge in [-0.2, -0.15) is 22.9 Å². The molecule has 0 saturated carbocycles. The maximum absolute atomic E-state index is 13.5. The van der Waals surface area contributed by atoms with Crippen LogP contribution in [0.25, 0.3) is 22.3 Å². The first-order valence-corrected chi connectivity index (χ1v) is 12.8. The first-order valence-electron chi connectivity index (χ1n) is 11.7. The molecule has 1 heterocycles. The van der Waals surface area contributed by atoms with Crippen LogP contribution in [0, 0.1) is 0 Å². The molecule has 0 aliphatic heterocycles. The van der Waals surface area contributed by atoms with Gasteiger partial charge in [-0.05, 0) is 54.6 Å². The summed E-state index contributed by atoms with van der Waals surface area (Å²) in [4.78, 5) is 17.9. The third-order valence-electron chi connectivity index (χ3n) is 5.88. The van der Waals surface area contributed by atoms with Gasteiger partial charge in [0.1, 0.15) is 12.4 Å². The van der Waals surface area contributed by atoms with E-state index in [0.717, 1.165) is 16.8 Å².